The number of fused-ring (bicyclic) bond motifs is 1. The third-order valence-corrected chi connectivity index (χ3v) is 5.83. The van der Waals surface area contributed by atoms with E-state index >= 15 is 0 Å². The maximum absolute atomic E-state index is 12.8. The van der Waals surface area contributed by atoms with Gasteiger partial charge in [0.05, 0.1) is 11.2 Å². The number of carbonyl (C=O) groups excluding carboxylic acids is 2. The van der Waals surface area contributed by atoms with Crippen molar-refractivity contribution in [1.82, 2.24) is 14.7 Å². The zero-order valence-corrected chi connectivity index (χ0v) is 18.0. The Hall–Kier alpha value is -4.13. The molecule has 0 bridgehead atoms. The minimum Gasteiger partial charge on any atom is -0.410 e. The van der Waals surface area contributed by atoms with Crippen molar-refractivity contribution in [2.24, 2.45) is 0 Å². The highest BCUT2D eigenvalue weighted by molar-refractivity contribution is 5.90. The van der Waals surface area contributed by atoms with E-state index in [1.807, 2.05) is 60.7 Å². The summed E-state index contributed by atoms with van der Waals surface area (Å²) in [6, 6.07) is 25.7. The largest absolute Gasteiger partial charge is 0.440 e. The Bertz CT molecular complexity index is 1260. The van der Waals surface area contributed by atoms with Crippen LogP contribution in [0.3, 0.4) is 0 Å². The molecule has 0 spiro atoms. The number of hydrogen-bond acceptors (Lipinski definition) is 5. The van der Waals surface area contributed by atoms with E-state index in [9.17, 15) is 9.59 Å². The van der Waals surface area contributed by atoms with E-state index in [0.29, 0.717) is 30.1 Å². The quantitative estimate of drug-likeness (QED) is 0.422. The average Bonchev–Trinajstić information content (AvgIpc) is 3.25. The molecule has 0 atom stereocenters. The molecule has 1 amide bonds. The molecule has 1 aliphatic heterocycles. The van der Waals surface area contributed by atoms with Crippen molar-refractivity contribution in [3.8, 4) is 11.5 Å². The highest BCUT2D eigenvalue weighted by Crippen LogP contribution is 2.33. The number of hydrogen-bond donors (Lipinski definition) is 0. The number of ether oxygens (including phenoxy) is 2. The summed E-state index contributed by atoms with van der Waals surface area (Å²) in [6.07, 6.45) is 0.575. The molecule has 166 valence electrons. The molecule has 33 heavy (non-hydrogen) atoms. The van der Waals surface area contributed by atoms with Crippen molar-refractivity contribution in [3.63, 3.8) is 0 Å². The SMILES string of the molecule is O=C(Oc1ccccc1)N1CCC(c2nn(C(=O)Oc3ccccc3)c3ccccc23)CC1. The highest BCUT2D eigenvalue weighted by Gasteiger charge is 2.29. The van der Waals surface area contributed by atoms with Gasteiger partial charge in [0.2, 0.25) is 0 Å². The Kier molecular flexibility index (Phi) is 5.76. The summed E-state index contributed by atoms with van der Waals surface area (Å²) in [5, 5.41) is 5.58. The fourth-order valence-corrected chi connectivity index (χ4v) is 4.15. The smallest absolute Gasteiger partial charge is 0.410 e. The maximum atomic E-state index is 12.8. The van der Waals surface area contributed by atoms with Crippen molar-refractivity contribution in [2.45, 2.75) is 18.8 Å². The van der Waals surface area contributed by atoms with Crippen LogP contribution in [-0.4, -0.2) is 40.0 Å². The van der Waals surface area contributed by atoms with Crippen LogP contribution < -0.4 is 9.47 Å². The monoisotopic (exact) mass is 441 g/mol. The predicted molar refractivity (Wildman–Crippen MR) is 124 cm³/mol. The Morgan fingerprint density at radius 2 is 1.27 bits per heavy atom. The third-order valence-electron chi connectivity index (χ3n) is 5.83. The second-order valence-electron chi connectivity index (χ2n) is 7.94. The van der Waals surface area contributed by atoms with Crippen LogP contribution in [0.15, 0.2) is 84.9 Å². The minimum atomic E-state index is -0.549. The number of benzene rings is 3. The van der Waals surface area contributed by atoms with Gasteiger partial charge >= 0.3 is 12.2 Å². The average molecular weight is 441 g/mol. The standard InChI is InChI=1S/C26H23N3O4/c30-25(32-20-9-3-1-4-10-20)28-17-15-19(16-18-28)24-22-13-7-8-14-23(22)29(27-24)26(31)33-21-11-5-2-6-12-21/h1-14,19H,15-18H2. The number of likely N-dealkylation sites (tertiary alicyclic amines) is 1. The number of para-hydroxylation sites is 3. The summed E-state index contributed by atoms with van der Waals surface area (Å²) < 4.78 is 12.3. The van der Waals surface area contributed by atoms with E-state index in [4.69, 9.17) is 9.47 Å². The van der Waals surface area contributed by atoms with E-state index in [0.717, 1.165) is 23.9 Å². The molecule has 7 nitrogen and oxygen atoms in total. The molecule has 0 aliphatic carbocycles. The fraction of sp³-hybridized carbons (Fsp3) is 0.192. The normalized spacial score (nSPS) is 14.2. The van der Waals surface area contributed by atoms with Crippen LogP contribution >= 0.6 is 0 Å². The summed E-state index contributed by atoms with van der Waals surface area (Å²) in [5.74, 6) is 1.13. The van der Waals surface area contributed by atoms with E-state index in [-0.39, 0.29) is 12.0 Å². The Morgan fingerprint density at radius 3 is 1.91 bits per heavy atom. The Labute approximate surface area is 191 Å². The molecule has 1 fully saturated rings. The van der Waals surface area contributed by atoms with Gasteiger partial charge in [-0.05, 0) is 43.2 Å². The second-order valence-corrected chi connectivity index (χ2v) is 7.94. The molecule has 0 N–H and O–H groups in total. The Balaban J connectivity index is 1.31. The summed E-state index contributed by atoms with van der Waals surface area (Å²) in [7, 11) is 0. The second kappa shape index (κ2) is 9.16. The molecule has 3 aromatic carbocycles. The van der Waals surface area contributed by atoms with Gasteiger partial charge in [0.1, 0.15) is 11.5 Å². The van der Waals surface area contributed by atoms with E-state index in [1.54, 1.807) is 29.2 Å². The molecule has 0 unspecified atom stereocenters. The summed E-state index contributed by atoms with van der Waals surface area (Å²) >= 11 is 0. The van der Waals surface area contributed by atoms with Gasteiger partial charge in [0.25, 0.3) is 0 Å². The minimum absolute atomic E-state index is 0.126. The zero-order chi connectivity index (χ0) is 22.6. The zero-order valence-electron chi connectivity index (χ0n) is 18.0. The van der Waals surface area contributed by atoms with Crippen LogP contribution in [0.4, 0.5) is 9.59 Å². The van der Waals surface area contributed by atoms with Crippen molar-refractivity contribution < 1.29 is 19.1 Å². The number of amides is 1. The topological polar surface area (TPSA) is 73.7 Å². The first-order chi connectivity index (χ1) is 16.2. The molecule has 1 aliphatic rings. The van der Waals surface area contributed by atoms with Crippen molar-refractivity contribution >= 4 is 23.1 Å². The molecule has 7 heteroatoms. The summed E-state index contributed by atoms with van der Waals surface area (Å²) in [5.41, 5.74) is 1.56. The van der Waals surface area contributed by atoms with Crippen molar-refractivity contribution in [2.75, 3.05) is 13.1 Å². The first-order valence-corrected chi connectivity index (χ1v) is 11.0. The highest BCUT2D eigenvalue weighted by atomic mass is 16.6. The number of aromatic nitrogens is 2. The third kappa shape index (κ3) is 4.43. The van der Waals surface area contributed by atoms with Gasteiger partial charge in [-0.2, -0.15) is 9.78 Å². The molecular weight excluding hydrogens is 418 g/mol. The van der Waals surface area contributed by atoms with Crippen LogP contribution in [0, 0.1) is 0 Å². The molecule has 1 aromatic heterocycles. The van der Waals surface area contributed by atoms with Gasteiger partial charge in [0.15, 0.2) is 0 Å². The van der Waals surface area contributed by atoms with Gasteiger partial charge in [-0.25, -0.2) is 9.59 Å². The number of rotatable bonds is 3. The van der Waals surface area contributed by atoms with Crippen molar-refractivity contribution in [1.29, 1.82) is 0 Å². The van der Waals surface area contributed by atoms with Crippen LogP contribution in [0.25, 0.3) is 10.9 Å². The lowest BCUT2D eigenvalue weighted by Gasteiger charge is -2.30. The van der Waals surface area contributed by atoms with E-state index < -0.39 is 6.09 Å². The Morgan fingerprint density at radius 1 is 0.727 bits per heavy atom. The molecule has 0 radical (unpaired) electrons. The molecule has 0 saturated carbocycles. The summed E-state index contributed by atoms with van der Waals surface area (Å²) in [6.45, 7) is 1.12. The molecule has 5 rings (SSSR count). The lowest BCUT2D eigenvalue weighted by molar-refractivity contribution is 0.138. The first-order valence-electron chi connectivity index (χ1n) is 11.0. The molecular formula is C26H23N3O4. The van der Waals surface area contributed by atoms with E-state index in [1.165, 1.54) is 4.68 Å². The van der Waals surface area contributed by atoms with E-state index in [2.05, 4.69) is 5.10 Å². The summed E-state index contributed by atoms with van der Waals surface area (Å²) in [4.78, 5) is 27.1. The van der Waals surface area contributed by atoms with Gasteiger partial charge in [0, 0.05) is 24.4 Å². The van der Waals surface area contributed by atoms with Crippen LogP contribution in [0.1, 0.15) is 24.5 Å². The van der Waals surface area contributed by atoms with Gasteiger partial charge in [-0.1, -0.05) is 54.6 Å². The number of nitrogens with zero attached hydrogens (tertiary/aromatic N) is 3. The first kappa shape index (κ1) is 20.8. The lowest BCUT2D eigenvalue weighted by atomic mass is 9.92. The molecule has 2 heterocycles. The fourth-order valence-electron chi connectivity index (χ4n) is 4.15. The maximum Gasteiger partial charge on any atom is 0.440 e. The lowest BCUT2D eigenvalue weighted by Crippen LogP contribution is -2.39. The van der Waals surface area contributed by atoms with Crippen molar-refractivity contribution in [3.05, 3.63) is 90.6 Å². The van der Waals surface area contributed by atoms with Crippen LogP contribution in [0.2, 0.25) is 0 Å². The van der Waals surface area contributed by atoms with Gasteiger partial charge in [-0.3, -0.25) is 0 Å². The number of carbonyl (C=O) groups is 2. The molecule has 1 saturated heterocycles. The van der Waals surface area contributed by atoms with Crippen LogP contribution in [0.5, 0.6) is 11.5 Å². The van der Waals surface area contributed by atoms with Gasteiger partial charge < -0.3 is 14.4 Å². The predicted octanol–water partition coefficient (Wildman–Crippen LogP) is 5.46. The van der Waals surface area contributed by atoms with Crippen LogP contribution in [-0.2, 0) is 0 Å². The molecule has 4 aromatic rings. The number of piperidine rings is 1. The van der Waals surface area contributed by atoms with Gasteiger partial charge in [-0.15, -0.1) is 0 Å².